The highest BCUT2D eigenvalue weighted by Crippen LogP contribution is 2.21. The second-order valence-electron chi connectivity index (χ2n) is 2.88. The fraction of sp³-hybridized carbons (Fsp3) is 0. The molecule has 0 aromatic heterocycles. The van der Waals surface area contributed by atoms with E-state index in [0.29, 0.717) is 5.02 Å². The second-order valence-corrected chi connectivity index (χ2v) is 3.32. The first kappa shape index (κ1) is 9.67. The van der Waals surface area contributed by atoms with Gasteiger partial charge in [-0.15, -0.1) is 0 Å². The smallest absolute Gasteiger partial charge is 0.269 e. The van der Waals surface area contributed by atoms with E-state index in [1.165, 1.54) is 12.1 Å². The third kappa shape index (κ3) is 1.57. The van der Waals surface area contributed by atoms with Crippen molar-refractivity contribution in [3.05, 3.63) is 29.3 Å². The quantitative estimate of drug-likeness (QED) is 0.570. The molecule has 1 heterocycles. The first-order valence-corrected chi connectivity index (χ1v) is 4.42. The zero-order valence-corrected chi connectivity index (χ0v) is 8.12. The van der Waals surface area contributed by atoms with Gasteiger partial charge in [0.15, 0.2) is 0 Å². The number of carbonyl (C=O) groups is 3. The molecule has 2 rings (SSSR count). The lowest BCUT2D eigenvalue weighted by Gasteiger charge is -2.10. The minimum absolute atomic E-state index is 0.274. The maximum Gasteiger partial charge on any atom is 0.336 e. The van der Waals surface area contributed by atoms with E-state index in [9.17, 15) is 14.4 Å². The molecule has 5 nitrogen and oxygen atoms in total. The Morgan fingerprint density at radius 1 is 1.20 bits per heavy atom. The summed E-state index contributed by atoms with van der Waals surface area (Å²) in [6, 6.07) is 5.37. The molecular formula is C9H5ClN2O3. The first-order valence-electron chi connectivity index (χ1n) is 4.04. The predicted molar refractivity (Wildman–Crippen MR) is 52.5 cm³/mol. The van der Waals surface area contributed by atoms with Gasteiger partial charge in [0.05, 0.1) is 5.69 Å². The standard InChI is InChI=1S/C9H5ClN2O3/c10-5-2-1-3-6(4-5)12-8(14)7(13)11-9(12)15/h1-4H,(H,11,13,15). The first-order chi connectivity index (χ1) is 7.09. The topological polar surface area (TPSA) is 66.5 Å². The number of rotatable bonds is 1. The molecule has 1 N–H and O–H groups in total. The summed E-state index contributed by atoms with van der Waals surface area (Å²) in [5, 5.41) is 2.27. The molecule has 4 amide bonds. The molecule has 1 fully saturated rings. The van der Waals surface area contributed by atoms with Crippen LogP contribution in [0.25, 0.3) is 0 Å². The summed E-state index contributed by atoms with van der Waals surface area (Å²) in [6.45, 7) is 0. The number of nitrogens with zero attached hydrogens (tertiary/aromatic N) is 1. The van der Waals surface area contributed by atoms with Crippen molar-refractivity contribution >= 4 is 35.1 Å². The average molecular weight is 225 g/mol. The van der Waals surface area contributed by atoms with Crippen molar-refractivity contribution in [1.29, 1.82) is 0 Å². The van der Waals surface area contributed by atoms with Gasteiger partial charge in [-0.05, 0) is 18.2 Å². The minimum Gasteiger partial charge on any atom is -0.269 e. The molecule has 15 heavy (non-hydrogen) atoms. The van der Waals surface area contributed by atoms with Crippen molar-refractivity contribution in [1.82, 2.24) is 5.32 Å². The third-order valence-corrected chi connectivity index (χ3v) is 2.12. The van der Waals surface area contributed by atoms with Crippen LogP contribution in [0.2, 0.25) is 5.02 Å². The van der Waals surface area contributed by atoms with Crippen LogP contribution in [0.1, 0.15) is 0 Å². The molecule has 6 heteroatoms. The second kappa shape index (κ2) is 3.36. The fourth-order valence-corrected chi connectivity index (χ4v) is 1.43. The summed E-state index contributed by atoms with van der Waals surface area (Å²) in [5.41, 5.74) is 0.274. The van der Waals surface area contributed by atoms with Gasteiger partial charge < -0.3 is 0 Å². The maximum atomic E-state index is 11.3. The number of urea groups is 1. The lowest BCUT2D eigenvalue weighted by atomic mass is 10.3. The van der Waals surface area contributed by atoms with Gasteiger partial charge in [-0.25, -0.2) is 9.69 Å². The molecule has 0 unspecified atom stereocenters. The zero-order chi connectivity index (χ0) is 11.0. The summed E-state index contributed by atoms with van der Waals surface area (Å²) in [6.07, 6.45) is 0. The van der Waals surface area contributed by atoms with Crippen LogP contribution < -0.4 is 10.2 Å². The van der Waals surface area contributed by atoms with Crippen LogP contribution in [0.5, 0.6) is 0 Å². The molecule has 0 atom stereocenters. The van der Waals surface area contributed by atoms with Gasteiger partial charge in [0.2, 0.25) is 0 Å². The Morgan fingerprint density at radius 3 is 2.47 bits per heavy atom. The Morgan fingerprint density at radius 2 is 1.93 bits per heavy atom. The van der Waals surface area contributed by atoms with E-state index in [1.54, 1.807) is 12.1 Å². The summed E-state index contributed by atoms with van der Waals surface area (Å²) in [5.74, 6) is -1.83. The number of hydrogen-bond donors (Lipinski definition) is 1. The number of imide groups is 2. The molecule has 1 aromatic carbocycles. The van der Waals surface area contributed by atoms with E-state index in [-0.39, 0.29) is 5.69 Å². The molecule has 1 aliphatic rings. The monoisotopic (exact) mass is 224 g/mol. The Bertz CT molecular complexity index is 472. The highest BCUT2D eigenvalue weighted by Gasteiger charge is 2.37. The maximum absolute atomic E-state index is 11.3. The van der Waals surface area contributed by atoms with Crippen molar-refractivity contribution in [2.45, 2.75) is 0 Å². The third-order valence-electron chi connectivity index (χ3n) is 1.89. The van der Waals surface area contributed by atoms with Gasteiger partial charge in [0.1, 0.15) is 0 Å². The van der Waals surface area contributed by atoms with E-state index in [2.05, 4.69) is 0 Å². The van der Waals surface area contributed by atoms with Gasteiger partial charge in [-0.1, -0.05) is 17.7 Å². The van der Waals surface area contributed by atoms with E-state index in [1.807, 2.05) is 5.32 Å². The lowest BCUT2D eigenvalue weighted by Crippen LogP contribution is -2.30. The van der Waals surface area contributed by atoms with Crippen molar-refractivity contribution in [2.24, 2.45) is 0 Å². The van der Waals surface area contributed by atoms with Crippen LogP contribution in [0.3, 0.4) is 0 Å². The van der Waals surface area contributed by atoms with Crippen molar-refractivity contribution in [2.75, 3.05) is 4.90 Å². The number of hydrogen-bond acceptors (Lipinski definition) is 3. The Balaban J connectivity index is 2.43. The fourth-order valence-electron chi connectivity index (χ4n) is 1.25. The van der Waals surface area contributed by atoms with E-state index >= 15 is 0 Å². The van der Waals surface area contributed by atoms with Crippen LogP contribution in [-0.2, 0) is 9.59 Å². The summed E-state index contributed by atoms with van der Waals surface area (Å²) in [4.78, 5) is 34.2. The van der Waals surface area contributed by atoms with Crippen molar-refractivity contribution in [3.8, 4) is 0 Å². The molecule has 1 aromatic rings. The minimum atomic E-state index is -0.931. The lowest BCUT2D eigenvalue weighted by molar-refractivity contribution is -0.134. The van der Waals surface area contributed by atoms with Gasteiger partial charge >= 0.3 is 17.8 Å². The van der Waals surface area contributed by atoms with Gasteiger partial charge in [0.25, 0.3) is 0 Å². The van der Waals surface area contributed by atoms with Crippen LogP contribution in [0.15, 0.2) is 24.3 Å². The number of halogens is 1. The van der Waals surface area contributed by atoms with Crippen LogP contribution in [0.4, 0.5) is 10.5 Å². The molecular weight excluding hydrogens is 220 g/mol. The largest absolute Gasteiger partial charge is 0.336 e. The molecule has 1 aliphatic heterocycles. The van der Waals surface area contributed by atoms with Crippen molar-refractivity contribution < 1.29 is 14.4 Å². The van der Waals surface area contributed by atoms with E-state index < -0.39 is 17.8 Å². The van der Waals surface area contributed by atoms with Crippen LogP contribution in [-0.4, -0.2) is 17.8 Å². The highest BCUT2D eigenvalue weighted by molar-refractivity contribution is 6.53. The molecule has 0 spiro atoms. The van der Waals surface area contributed by atoms with Gasteiger partial charge in [0, 0.05) is 5.02 Å². The van der Waals surface area contributed by atoms with E-state index in [0.717, 1.165) is 4.90 Å². The van der Waals surface area contributed by atoms with Crippen LogP contribution >= 0.6 is 11.6 Å². The Kier molecular flexibility index (Phi) is 2.17. The molecule has 1 saturated heterocycles. The predicted octanol–water partition coefficient (Wildman–Crippen LogP) is 0.923. The normalized spacial score (nSPS) is 15.8. The number of benzene rings is 1. The average Bonchev–Trinajstić information content (AvgIpc) is 2.41. The van der Waals surface area contributed by atoms with Crippen molar-refractivity contribution in [3.63, 3.8) is 0 Å². The summed E-state index contributed by atoms with van der Waals surface area (Å²) < 4.78 is 0. The number of carbonyl (C=O) groups excluding carboxylic acids is 3. The number of anilines is 1. The Labute approximate surface area is 89.6 Å². The van der Waals surface area contributed by atoms with Gasteiger partial charge in [-0.3, -0.25) is 14.9 Å². The Hall–Kier alpha value is -1.88. The summed E-state index contributed by atoms with van der Waals surface area (Å²) in [7, 11) is 0. The number of nitrogens with one attached hydrogen (secondary N) is 1. The number of amides is 4. The molecule has 0 bridgehead atoms. The SMILES string of the molecule is O=C1NC(=O)N(c2cccc(Cl)c2)C1=O. The molecule has 0 radical (unpaired) electrons. The molecule has 0 aliphatic carbocycles. The van der Waals surface area contributed by atoms with Crippen LogP contribution in [0, 0.1) is 0 Å². The molecule has 76 valence electrons. The summed E-state index contributed by atoms with van der Waals surface area (Å²) >= 11 is 5.70. The van der Waals surface area contributed by atoms with E-state index in [4.69, 9.17) is 11.6 Å². The van der Waals surface area contributed by atoms with Gasteiger partial charge in [-0.2, -0.15) is 0 Å². The highest BCUT2D eigenvalue weighted by atomic mass is 35.5. The zero-order valence-electron chi connectivity index (χ0n) is 7.36. The molecule has 0 saturated carbocycles.